The van der Waals surface area contributed by atoms with Gasteiger partial charge in [0.15, 0.2) is 0 Å². The Morgan fingerprint density at radius 3 is 2.71 bits per heavy atom. The molecule has 0 amide bonds. The maximum atomic E-state index is 5.97. The molecule has 0 spiro atoms. The maximum absolute atomic E-state index is 5.97. The monoisotopic (exact) mass is 228 g/mol. The fourth-order valence-corrected chi connectivity index (χ4v) is 2.02. The molecule has 0 atom stereocenters. The molecule has 2 heterocycles. The zero-order valence-corrected chi connectivity index (χ0v) is 9.47. The molecule has 0 fully saturated rings. The van der Waals surface area contributed by atoms with Crippen molar-refractivity contribution >= 4 is 34.1 Å². The molecule has 74 valence electrons. The molecule has 0 aliphatic carbocycles. The second kappa shape index (κ2) is 3.44. The van der Waals surface area contributed by atoms with Crippen molar-refractivity contribution in [2.45, 2.75) is 19.9 Å². The summed E-state index contributed by atoms with van der Waals surface area (Å²) in [6.07, 6.45) is 2.00. The first-order valence-corrected chi connectivity index (χ1v) is 5.18. The summed E-state index contributed by atoms with van der Waals surface area (Å²) in [5, 5.41) is 1.85. The third kappa shape index (κ3) is 1.49. The zero-order chi connectivity index (χ0) is 10.3. The summed E-state index contributed by atoms with van der Waals surface area (Å²) in [7, 11) is 0. The average molecular weight is 229 g/mol. The van der Waals surface area contributed by atoms with Crippen LogP contribution in [0.5, 0.6) is 0 Å². The van der Waals surface area contributed by atoms with Crippen molar-refractivity contribution in [2.75, 3.05) is 0 Å². The first-order chi connectivity index (χ1) is 6.59. The van der Waals surface area contributed by atoms with Gasteiger partial charge < -0.3 is 4.57 Å². The summed E-state index contributed by atoms with van der Waals surface area (Å²) >= 11 is 11.8. The van der Waals surface area contributed by atoms with Crippen LogP contribution in [0.2, 0.25) is 10.3 Å². The lowest BCUT2D eigenvalue weighted by Gasteiger charge is -2.09. The van der Waals surface area contributed by atoms with Crippen LogP contribution in [0.15, 0.2) is 18.3 Å². The summed E-state index contributed by atoms with van der Waals surface area (Å²) in [4.78, 5) is 3.99. The minimum absolute atomic E-state index is 0.391. The summed E-state index contributed by atoms with van der Waals surface area (Å²) in [5.41, 5.74) is 1.03. The lowest BCUT2D eigenvalue weighted by molar-refractivity contribution is 0.623. The largest absolute Gasteiger partial charge is 0.345 e. The van der Waals surface area contributed by atoms with E-state index < -0.39 is 0 Å². The minimum atomic E-state index is 0.391. The summed E-state index contributed by atoms with van der Waals surface area (Å²) in [6, 6.07) is 4.19. The predicted molar refractivity (Wildman–Crippen MR) is 60.1 cm³/mol. The molecule has 0 N–H and O–H groups in total. The van der Waals surface area contributed by atoms with E-state index >= 15 is 0 Å². The van der Waals surface area contributed by atoms with Gasteiger partial charge in [-0.15, -0.1) is 0 Å². The molecule has 2 nitrogen and oxygen atoms in total. The van der Waals surface area contributed by atoms with Crippen LogP contribution in [0.3, 0.4) is 0 Å². The van der Waals surface area contributed by atoms with Crippen LogP contribution in [-0.4, -0.2) is 9.55 Å². The Kier molecular flexibility index (Phi) is 2.41. The fraction of sp³-hybridized carbons (Fsp3) is 0.300. The zero-order valence-electron chi connectivity index (χ0n) is 7.96. The SMILES string of the molecule is CC(C)n1ccc2c(Cl)nc(Cl)cc21. The number of halogens is 2. The van der Waals surface area contributed by atoms with Gasteiger partial charge in [-0.25, -0.2) is 4.98 Å². The van der Waals surface area contributed by atoms with Crippen molar-refractivity contribution in [1.29, 1.82) is 0 Å². The lowest BCUT2D eigenvalue weighted by atomic mass is 10.3. The molecule has 0 aliphatic rings. The summed E-state index contributed by atoms with van der Waals surface area (Å²) in [6.45, 7) is 4.23. The maximum Gasteiger partial charge on any atom is 0.140 e. The van der Waals surface area contributed by atoms with Gasteiger partial charge >= 0.3 is 0 Å². The third-order valence-electron chi connectivity index (χ3n) is 2.20. The van der Waals surface area contributed by atoms with Gasteiger partial charge in [-0.3, -0.25) is 0 Å². The smallest absolute Gasteiger partial charge is 0.140 e. The Morgan fingerprint density at radius 1 is 1.36 bits per heavy atom. The van der Waals surface area contributed by atoms with Crippen molar-refractivity contribution in [1.82, 2.24) is 9.55 Å². The van der Waals surface area contributed by atoms with Gasteiger partial charge in [-0.1, -0.05) is 23.2 Å². The number of pyridine rings is 1. The number of nitrogens with zero attached hydrogens (tertiary/aromatic N) is 2. The number of aromatic nitrogens is 2. The molecule has 2 rings (SSSR count). The molecule has 0 aliphatic heterocycles. The second-order valence-electron chi connectivity index (χ2n) is 3.49. The molecule has 0 aromatic carbocycles. The molecule has 0 unspecified atom stereocenters. The quantitative estimate of drug-likeness (QED) is 0.677. The molecular formula is C10H10Cl2N2. The molecule has 14 heavy (non-hydrogen) atoms. The second-order valence-corrected chi connectivity index (χ2v) is 4.23. The third-order valence-corrected chi connectivity index (χ3v) is 2.68. The van der Waals surface area contributed by atoms with Crippen molar-refractivity contribution < 1.29 is 0 Å². The van der Waals surface area contributed by atoms with Gasteiger partial charge in [0.1, 0.15) is 10.3 Å². The van der Waals surface area contributed by atoms with E-state index in [-0.39, 0.29) is 0 Å². The minimum Gasteiger partial charge on any atom is -0.345 e. The van der Waals surface area contributed by atoms with Crippen molar-refractivity contribution in [2.24, 2.45) is 0 Å². The van der Waals surface area contributed by atoms with Gasteiger partial charge in [0.25, 0.3) is 0 Å². The average Bonchev–Trinajstić information content (AvgIpc) is 2.47. The lowest BCUT2D eigenvalue weighted by Crippen LogP contribution is -1.98. The van der Waals surface area contributed by atoms with Gasteiger partial charge in [-0.2, -0.15) is 0 Å². The predicted octanol–water partition coefficient (Wildman–Crippen LogP) is 3.92. The summed E-state index contributed by atoms with van der Waals surface area (Å²) < 4.78 is 2.12. The molecule has 4 heteroatoms. The topological polar surface area (TPSA) is 17.8 Å². The van der Waals surface area contributed by atoms with Gasteiger partial charge in [0.2, 0.25) is 0 Å². The van der Waals surface area contributed by atoms with Crippen LogP contribution in [0.25, 0.3) is 10.9 Å². The van der Waals surface area contributed by atoms with E-state index in [1.165, 1.54) is 0 Å². The van der Waals surface area contributed by atoms with E-state index in [0.29, 0.717) is 16.3 Å². The fourth-order valence-electron chi connectivity index (χ4n) is 1.54. The normalized spacial score (nSPS) is 11.5. The van der Waals surface area contributed by atoms with E-state index in [1.807, 2.05) is 18.3 Å². The molecule has 0 bridgehead atoms. The van der Waals surface area contributed by atoms with Crippen LogP contribution in [0.4, 0.5) is 0 Å². The van der Waals surface area contributed by atoms with Crippen LogP contribution in [0, 0.1) is 0 Å². The van der Waals surface area contributed by atoms with Gasteiger partial charge in [-0.05, 0) is 26.0 Å². The number of hydrogen-bond donors (Lipinski definition) is 0. The first-order valence-electron chi connectivity index (χ1n) is 4.42. The molecule has 2 aromatic rings. The molecule has 0 radical (unpaired) electrons. The van der Waals surface area contributed by atoms with Crippen molar-refractivity contribution in [3.05, 3.63) is 28.6 Å². The molecule has 0 saturated heterocycles. The van der Waals surface area contributed by atoms with E-state index in [2.05, 4.69) is 23.4 Å². The standard InChI is InChI=1S/C10H10Cl2N2/c1-6(2)14-4-3-7-8(14)5-9(11)13-10(7)12/h3-6H,1-2H3. The Labute approximate surface area is 92.5 Å². The highest BCUT2D eigenvalue weighted by atomic mass is 35.5. The Bertz CT molecular complexity index is 474. The van der Waals surface area contributed by atoms with E-state index in [9.17, 15) is 0 Å². The van der Waals surface area contributed by atoms with E-state index in [0.717, 1.165) is 10.9 Å². The highest BCUT2D eigenvalue weighted by Gasteiger charge is 2.08. The van der Waals surface area contributed by atoms with E-state index in [4.69, 9.17) is 23.2 Å². The Morgan fingerprint density at radius 2 is 2.07 bits per heavy atom. The van der Waals surface area contributed by atoms with Crippen LogP contribution >= 0.6 is 23.2 Å². The first kappa shape index (κ1) is 9.81. The molecule has 0 saturated carbocycles. The van der Waals surface area contributed by atoms with Gasteiger partial charge in [0, 0.05) is 17.6 Å². The number of fused-ring (bicyclic) bond motifs is 1. The number of rotatable bonds is 1. The highest BCUT2D eigenvalue weighted by molar-refractivity contribution is 6.36. The molecular weight excluding hydrogens is 219 g/mol. The van der Waals surface area contributed by atoms with Gasteiger partial charge in [0.05, 0.1) is 5.52 Å². The van der Waals surface area contributed by atoms with Crippen LogP contribution in [0.1, 0.15) is 19.9 Å². The van der Waals surface area contributed by atoms with Crippen LogP contribution < -0.4 is 0 Å². The van der Waals surface area contributed by atoms with E-state index in [1.54, 1.807) is 0 Å². The molecule has 2 aromatic heterocycles. The Hall–Kier alpha value is -0.730. The van der Waals surface area contributed by atoms with Crippen molar-refractivity contribution in [3.8, 4) is 0 Å². The number of hydrogen-bond acceptors (Lipinski definition) is 1. The highest BCUT2D eigenvalue weighted by Crippen LogP contribution is 2.27. The van der Waals surface area contributed by atoms with Crippen molar-refractivity contribution in [3.63, 3.8) is 0 Å². The summed E-state index contributed by atoms with van der Waals surface area (Å²) in [5.74, 6) is 0. The Balaban J connectivity index is 2.78. The van der Waals surface area contributed by atoms with Crippen LogP contribution in [-0.2, 0) is 0 Å².